The third-order valence-electron chi connectivity index (χ3n) is 4.74. The maximum absolute atomic E-state index is 3.52. The molecule has 0 aliphatic heterocycles. The Morgan fingerprint density at radius 2 is 0.920 bits per heavy atom. The molecule has 0 heterocycles. The summed E-state index contributed by atoms with van der Waals surface area (Å²) in [5.74, 6) is 0. The number of benzene rings is 1. The predicted molar refractivity (Wildman–Crippen MR) is 122 cm³/mol. The first kappa shape index (κ1) is 23.0. The molecule has 25 heavy (non-hydrogen) atoms. The standard InChI is InChI=1S/C22H37Br2N/c23-18-12-5-1-3-7-14-20-25(22-16-10-9-11-17-22)21-15-8-4-2-6-13-19-24/h9-11,16-17H,1-8,12-15,18-21H2. The van der Waals surface area contributed by atoms with Gasteiger partial charge < -0.3 is 4.90 Å². The van der Waals surface area contributed by atoms with E-state index in [9.17, 15) is 0 Å². The molecule has 1 rings (SSSR count). The van der Waals surface area contributed by atoms with Gasteiger partial charge in [-0.25, -0.2) is 0 Å². The van der Waals surface area contributed by atoms with Crippen LogP contribution in [0, 0.1) is 0 Å². The zero-order chi connectivity index (χ0) is 18.0. The minimum absolute atomic E-state index is 1.16. The number of halogens is 2. The van der Waals surface area contributed by atoms with E-state index in [0.29, 0.717) is 0 Å². The van der Waals surface area contributed by atoms with Crippen LogP contribution in [0.4, 0.5) is 5.69 Å². The van der Waals surface area contributed by atoms with Crippen molar-refractivity contribution < 1.29 is 0 Å². The van der Waals surface area contributed by atoms with Gasteiger partial charge >= 0.3 is 0 Å². The second kappa shape index (κ2) is 17.4. The first-order valence-corrected chi connectivity index (χ1v) is 12.5. The highest BCUT2D eigenvalue weighted by Crippen LogP contribution is 2.17. The number of anilines is 1. The molecule has 1 aromatic carbocycles. The summed E-state index contributed by atoms with van der Waals surface area (Å²) in [6.07, 6.45) is 16.4. The predicted octanol–water partition coefficient (Wildman–Crippen LogP) is 7.96. The third kappa shape index (κ3) is 12.9. The Morgan fingerprint density at radius 3 is 1.36 bits per heavy atom. The van der Waals surface area contributed by atoms with E-state index in [1.807, 2.05) is 0 Å². The van der Waals surface area contributed by atoms with Crippen molar-refractivity contribution in [2.45, 2.75) is 77.0 Å². The summed E-state index contributed by atoms with van der Waals surface area (Å²) in [6, 6.07) is 11.0. The average molecular weight is 475 g/mol. The molecule has 0 unspecified atom stereocenters. The second-order valence-corrected chi connectivity index (χ2v) is 8.53. The van der Waals surface area contributed by atoms with Crippen molar-refractivity contribution in [2.24, 2.45) is 0 Å². The van der Waals surface area contributed by atoms with Gasteiger partial charge in [0.05, 0.1) is 0 Å². The monoisotopic (exact) mass is 473 g/mol. The molecule has 0 aromatic heterocycles. The van der Waals surface area contributed by atoms with Crippen LogP contribution in [0.2, 0.25) is 0 Å². The largest absolute Gasteiger partial charge is 0.372 e. The Labute approximate surface area is 173 Å². The Kier molecular flexibility index (Phi) is 16.0. The average Bonchev–Trinajstić information content (AvgIpc) is 2.65. The van der Waals surface area contributed by atoms with Crippen LogP contribution in [-0.2, 0) is 0 Å². The van der Waals surface area contributed by atoms with Gasteiger partial charge in [-0.15, -0.1) is 0 Å². The molecule has 1 nitrogen and oxygen atoms in total. The lowest BCUT2D eigenvalue weighted by Crippen LogP contribution is -2.25. The minimum Gasteiger partial charge on any atom is -0.372 e. The summed E-state index contributed by atoms with van der Waals surface area (Å²) in [5.41, 5.74) is 1.40. The molecular weight excluding hydrogens is 438 g/mol. The first-order chi connectivity index (χ1) is 12.4. The number of rotatable bonds is 17. The van der Waals surface area contributed by atoms with E-state index in [-0.39, 0.29) is 0 Å². The Hall–Kier alpha value is -0.0200. The lowest BCUT2D eigenvalue weighted by molar-refractivity contribution is 0.576. The van der Waals surface area contributed by atoms with Gasteiger partial charge in [-0.1, -0.05) is 101 Å². The first-order valence-electron chi connectivity index (χ1n) is 10.3. The molecule has 0 saturated heterocycles. The van der Waals surface area contributed by atoms with E-state index in [4.69, 9.17) is 0 Å². The highest BCUT2D eigenvalue weighted by atomic mass is 79.9. The van der Waals surface area contributed by atoms with Crippen LogP contribution >= 0.6 is 31.9 Å². The molecule has 0 saturated carbocycles. The maximum atomic E-state index is 3.52. The van der Waals surface area contributed by atoms with Gasteiger partial charge in [0, 0.05) is 29.4 Å². The number of para-hydroxylation sites is 1. The summed E-state index contributed by atoms with van der Waals surface area (Å²) < 4.78 is 0. The van der Waals surface area contributed by atoms with Crippen molar-refractivity contribution in [2.75, 3.05) is 28.6 Å². The molecule has 0 radical (unpaired) electrons. The van der Waals surface area contributed by atoms with Gasteiger partial charge in [-0.3, -0.25) is 0 Å². The van der Waals surface area contributed by atoms with Gasteiger partial charge in [0.2, 0.25) is 0 Å². The second-order valence-electron chi connectivity index (χ2n) is 6.94. The SMILES string of the molecule is BrCCCCCCCCN(CCCCCCCCBr)c1ccccc1. The summed E-state index contributed by atoms with van der Waals surface area (Å²) >= 11 is 7.03. The fourth-order valence-electron chi connectivity index (χ4n) is 3.22. The van der Waals surface area contributed by atoms with Gasteiger partial charge in [-0.05, 0) is 37.8 Å². The number of hydrogen-bond acceptors (Lipinski definition) is 1. The molecule has 0 bridgehead atoms. The van der Waals surface area contributed by atoms with Gasteiger partial charge in [0.1, 0.15) is 0 Å². The van der Waals surface area contributed by atoms with Crippen molar-refractivity contribution in [3.63, 3.8) is 0 Å². The van der Waals surface area contributed by atoms with Gasteiger partial charge in [-0.2, -0.15) is 0 Å². The molecule has 3 heteroatoms. The van der Waals surface area contributed by atoms with Crippen molar-refractivity contribution in [1.82, 2.24) is 0 Å². The molecular formula is C22H37Br2N. The van der Waals surface area contributed by atoms with Crippen molar-refractivity contribution in [3.05, 3.63) is 30.3 Å². The number of unbranched alkanes of at least 4 members (excludes halogenated alkanes) is 10. The number of hydrogen-bond donors (Lipinski definition) is 0. The normalized spacial score (nSPS) is 11.0. The summed E-state index contributed by atoms with van der Waals surface area (Å²) in [7, 11) is 0. The Bertz CT molecular complexity index is 365. The topological polar surface area (TPSA) is 3.24 Å². The lowest BCUT2D eigenvalue weighted by Gasteiger charge is -2.25. The van der Waals surface area contributed by atoms with Gasteiger partial charge in [0.25, 0.3) is 0 Å². The van der Waals surface area contributed by atoms with E-state index in [1.54, 1.807) is 0 Å². The van der Waals surface area contributed by atoms with E-state index < -0.39 is 0 Å². The summed E-state index contributed by atoms with van der Waals surface area (Å²) in [4.78, 5) is 2.61. The van der Waals surface area contributed by atoms with Crippen LogP contribution in [0.1, 0.15) is 77.0 Å². The molecule has 0 atom stereocenters. The minimum atomic E-state index is 1.16. The number of nitrogens with zero attached hydrogens (tertiary/aromatic N) is 1. The van der Waals surface area contributed by atoms with Crippen LogP contribution in [-0.4, -0.2) is 23.7 Å². The fourth-order valence-corrected chi connectivity index (χ4v) is 4.01. The van der Waals surface area contributed by atoms with Crippen molar-refractivity contribution in [1.29, 1.82) is 0 Å². The quantitative estimate of drug-likeness (QED) is 0.163. The van der Waals surface area contributed by atoms with E-state index >= 15 is 0 Å². The lowest BCUT2D eigenvalue weighted by atomic mass is 10.1. The molecule has 0 N–H and O–H groups in total. The zero-order valence-corrected chi connectivity index (χ0v) is 19.1. The smallest absolute Gasteiger partial charge is 0.0366 e. The van der Waals surface area contributed by atoms with E-state index in [1.165, 1.54) is 95.8 Å². The molecule has 1 aromatic rings. The Balaban J connectivity index is 2.21. The zero-order valence-electron chi connectivity index (χ0n) is 15.9. The summed E-state index contributed by atoms with van der Waals surface area (Å²) in [5, 5.41) is 2.32. The molecule has 0 fully saturated rings. The number of alkyl halides is 2. The van der Waals surface area contributed by atoms with Crippen LogP contribution in [0.3, 0.4) is 0 Å². The van der Waals surface area contributed by atoms with Gasteiger partial charge in [0.15, 0.2) is 0 Å². The molecule has 0 aliphatic rings. The molecule has 0 amide bonds. The maximum Gasteiger partial charge on any atom is 0.0366 e. The third-order valence-corrected chi connectivity index (χ3v) is 5.87. The van der Waals surface area contributed by atoms with Crippen LogP contribution in [0.15, 0.2) is 30.3 Å². The van der Waals surface area contributed by atoms with Crippen LogP contribution in [0.25, 0.3) is 0 Å². The highest BCUT2D eigenvalue weighted by Gasteiger charge is 2.05. The molecule has 0 spiro atoms. The van der Waals surface area contributed by atoms with Crippen molar-refractivity contribution in [3.8, 4) is 0 Å². The Morgan fingerprint density at radius 1 is 0.520 bits per heavy atom. The van der Waals surface area contributed by atoms with E-state index in [2.05, 4.69) is 67.1 Å². The van der Waals surface area contributed by atoms with Crippen LogP contribution < -0.4 is 4.90 Å². The molecule has 144 valence electrons. The fraction of sp³-hybridized carbons (Fsp3) is 0.727. The molecule has 0 aliphatic carbocycles. The van der Waals surface area contributed by atoms with E-state index in [0.717, 1.165) is 10.7 Å². The summed E-state index contributed by atoms with van der Waals surface area (Å²) in [6.45, 7) is 2.43. The van der Waals surface area contributed by atoms with Crippen molar-refractivity contribution >= 4 is 37.5 Å². The highest BCUT2D eigenvalue weighted by molar-refractivity contribution is 9.09. The van der Waals surface area contributed by atoms with Crippen LogP contribution in [0.5, 0.6) is 0 Å².